The minimum absolute atomic E-state index is 0.263. The number of primary amides is 1. The molecule has 0 aliphatic rings. The number of nitrogens with two attached hydrogens (primary N) is 1. The van der Waals surface area contributed by atoms with Crippen LogP contribution in [0.15, 0.2) is 12.1 Å². The third-order valence-corrected chi connectivity index (χ3v) is 3.82. The first-order chi connectivity index (χ1) is 9.76. The Kier molecular flexibility index (Phi) is 4.82. The molecule has 0 aromatic heterocycles. The summed E-state index contributed by atoms with van der Waals surface area (Å²) >= 11 is 0. The molecular formula is C17H28N2O3. The van der Waals surface area contributed by atoms with Crippen molar-refractivity contribution in [2.75, 3.05) is 0 Å². The Morgan fingerprint density at radius 1 is 1.09 bits per heavy atom. The number of hydroxylamine groups is 2. The Labute approximate surface area is 132 Å². The molecule has 0 spiro atoms. The zero-order chi connectivity index (χ0) is 17.5. The molecule has 0 radical (unpaired) electrons. The smallest absolute Gasteiger partial charge is 0.339 e. The van der Waals surface area contributed by atoms with Crippen LogP contribution in [0.3, 0.4) is 0 Å². The van der Waals surface area contributed by atoms with Crippen LogP contribution in [0.4, 0.5) is 4.79 Å². The lowest BCUT2D eigenvalue weighted by molar-refractivity contribution is -0.0710. The van der Waals surface area contributed by atoms with Gasteiger partial charge in [-0.05, 0) is 46.6 Å². The highest BCUT2D eigenvalue weighted by atomic mass is 16.5. The maximum Gasteiger partial charge on any atom is 0.339 e. The van der Waals surface area contributed by atoms with E-state index in [1.807, 2.05) is 53.7 Å². The zero-order valence-corrected chi connectivity index (χ0v) is 14.6. The minimum Gasteiger partial charge on any atom is -0.507 e. The Morgan fingerprint density at radius 3 is 1.73 bits per heavy atom. The molecule has 1 unspecified atom stereocenters. The molecule has 5 heteroatoms. The number of urea groups is 1. The lowest BCUT2D eigenvalue weighted by Gasteiger charge is -2.30. The van der Waals surface area contributed by atoms with E-state index in [1.54, 1.807) is 6.92 Å². The van der Waals surface area contributed by atoms with E-state index >= 15 is 0 Å². The van der Waals surface area contributed by atoms with Gasteiger partial charge in [0.05, 0.1) is 6.04 Å². The van der Waals surface area contributed by atoms with Crippen molar-refractivity contribution in [1.82, 2.24) is 5.06 Å². The van der Waals surface area contributed by atoms with Crippen LogP contribution in [-0.2, 0) is 10.8 Å². The van der Waals surface area contributed by atoms with E-state index in [0.29, 0.717) is 5.06 Å². The predicted octanol–water partition coefficient (Wildman–Crippen LogP) is 3.82. The standard InChI is InChI=1S/C17H28N2O3/c1-10(19(22)15(18)21)11-8-12(16(2,3)4)14(20)13(9-11)17(5,6)7/h8-10,20,22H,1-7H3,(H2,18,21). The zero-order valence-electron chi connectivity index (χ0n) is 14.6. The molecule has 124 valence electrons. The van der Waals surface area contributed by atoms with Crippen molar-refractivity contribution in [3.63, 3.8) is 0 Å². The van der Waals surface area contributed by atoms with Crippen molar-refractivity contribution in [2.45, 2.75) is 65.3 Å². The molecular weight excluding hydrogens is 280 g/mol. The molecule has 4 N–H and O–H groups in total. The first-order valence-electron chi connectivity index (χ1n) is 7.42. The normalized spacial score (nSPS) is 13.8. The molecule has 0 bridgehead atoms. The summed E-state index contributed by atoms with van der Waals surface area (Å²) in [7, 11) is 0. The molecule has 0 fully saturated rings. The third-order valence-electron chi connectivity index (χ3n) is 3.82. The van der Waals surface area contributed by atoms with Crippen molar-refractivity contribution in [3.8, 4) is 5.75 Å². The van der Waals surface area contributed by atoms with Crippen LogP contribution in [0.5, 0.6) is 5.75 Å². The van der Waals surface area contributed by atoms with Crippen LogP contribution in [0.1, 0.15) is 71.2 Å². The van der Waals surface area contributed by atoms with E-state index < -0.39 is 12.1 Å². The van der Waals surface area contributed by atoms with Crippen LogP contribution >= 0.6 is 0 Å². The van der Waals surface area contributed by atoms with Crippen LogP contribution < -0.4 is 5.73 Å². The summed E-state index contributed by atoms with van der Waals surface area (Å²) in [4.78, 5) is 11.2. The fraction of sp³-hybridized carbons (Fsp3) is 0.588. The summed E-state index contributed by atoms with van der Waals surface area (Å²) < 4.78 is 0. The van der Waals surface area contributed by atoms with Gasteiger partial charge in [0, 0.05) is 0 Å². The lowest BCUT2D eigenvalue weighted by Crippen LogP contribution is -2.35. The molecule has 0 saturated carbocycles. The van der Waals surface area contributed by atoms with Gasteiger partial charge < -0.3 is 10.8 Å². The summed E-state index contributed by atoms with van der Waals surface area (Å²) in [6, 6.07) is 2.14. The quantitative estimate of drug-likeness (QED) is 0.573. The fourth-order valence-electron chi connectivity index (χ4n) is 2.37. The summed E-state index contributed by atoms with van der Waals surface area (Å²) in [5, 5.41) is 21.0. The number of benzene rings is 1. The van der Waals surface area contributed by atoms with Crippen molar-refractivity contribution in [1.29, 1.82) is 0 Å². The van der Waals surface area contributed by atoms with Gasteiger partial charge in [-0.2, -0.15) is 5.06 Å². The largest absolute Gasteiger partial charge is 0.507 e. The number of aromatic hydroxyl groups is 1. The average Bonchev–Trinajstić information content (AvgIpc) is 2.34. The summed E-state index contributed by atoms with van der Waals surface area (Å²) in [6.45, 7) is 13.7. The van der Waals surface area contributed by atoms with E-state index in [4.69, 9.17) is 5.73 Å². The van der Waals surface area contributed by atoms with Crippen molar-refractivity contribution in [2.24, 2.45) is 5.73 Å². The monoisotopic (exact) mass is 308 g/mol. The summed E-state index contributed by atoms with van der Waals surface area (Å²) in [5.74, 6) is 0.263. The highest BCUT2D eigenvalue weighted by Gasteiger charge is 2.28. The average molecular weight is 308 g/mol. The molecule has 1 aromatic carbocycles. The van der Waals surface area contributed by atoms with Gasteiger partial charge in [0.15, 0.2) is 0 Å². The van der Waals surface area contributed by atoms with Crippen LogP contribution in [0.25, 0.3) is 0 Å². The number of phenolic OH excluding ortho intramolecular Hbond substituents is 1. The molecule has 22 heavy (non-hydrogen) atoms. The van der Waals surface area contributed by atoms with Gasteiger partial charge in [-0.25, -0.2) is 4.79 Å². The summed E-state index contributed by atoms with van der Waals surface area (Å²) in [6.07, 6.45) is 0. The number of amides is 2. The van der Waals surface area contributed by atoms with Gasteiger partial charge in [-0.3, -0.25) is 5.21 Å². The number of phenols is 1. The predicted molar refractivity (Wildman–Crippen MR) is 87.1 cm³/mol. The topological polar surface area (TPSA) is 86.8 Å². The first-order valence-corrected chi connectivity index (χ1v) is 7.42. The maximum atomic E-state index is 11.2. The fourth-order valence-corrected chi connectivity index (χ4v) is 2.37. The number of hydrogen-bond donors (Lipinski definition) is 3. The van der Waals surface area contributed by atoms with Gasteiger partial charge in [0.2, 0.25) is 0 Å². The molecule has 0 aliphatic heterocycles. The number of hydrogen-bond acceptors (Lipinski definition) is 3. The highest BCUT2D eigenvalue weighted by molar-refractivity contribution is 5.71. The number of rotatable bonds is 2. The maximum absolute atomic E-state index is 11.2. The number of nitrogens with zero attached hydrogens (tertiary/aromatic N) is 1. The number of carbonyl (C=O) groups is 1. The molecule has 0 aliphatic carbocycles. The molecule has 0 heterocycles. The lowest BCUT2D eigenvalue weighted by atomic mass is 9.78. The van der Waals surface area contributed by atoms with Crippen molar-refractivity contribution >= 4 is 6.03 Å². The molecule has 2 amide bonds. The Bertz CT molecular complexity index is 533. The Hall–Kier alpha value is -1.75. The van der Waals surface area contributed by atoms with Crippen LogP contribution in [-0.4, -0.2) is 21.4 Å². The second kappa shape index (κ2) is 5.80. The first kappa shape index (κ1) is 18.3. The second-order valence-corrected chi connectivity index (χ2v) is 7.82. The minimum atomic E-state index is -0.907. The van der Waals surface area contributed by atoms with E-state index in [-0.39, 0.29) is 16.6 Å². The molecule has 1 rings (SSSR count). The third kappa shape index (κ3) is 3.71. The van der Waals surface area contributed by atoms with E-state index in [2.05, 4.69) is 0 Å². The van der Waals surface area contributed by atoms with Crippen LogP contribution in [0.2, 0.25) is 0 Å². The van der Waals surface area contributed by atoms with E-state index in [0.717, 1.165) is 16.7 Å². The van der Waals surface area contributed by atoms with E-state index in [9.17, 15) is 15.1 Å². The van der Waals surface area contributed by atoms with Crippen molar-refractivity contribution in [3.05, 3.63) is 28.8 Å². The van der Waals surface area contributed by atoms with Crippen molar-refractivity contribution < 1.29 is 15.1 Å². The second-order valence-electron chi connectivity index (χ2n) is 7.82. The Morgan fingerprint density at radius 2 is 1.45 bits per heavy atom. The molecule has 0 saturated heterocycles. The Balaban J connectivity index is 3.58. The SMILES string of the molecule is CC(c1cc(C(C)(C)C)c(O)c(C(C)(C)C)c1)N(O)C(N)=O. The number of carbonyl (C=O) groups excluding carboxylic acids is 1. The highest BCUT2D eigenvalue weighted by Crippen LogP contribution is 2.41. The van der Waals surface area contributed by atoms with Gasteiger partial charge in [0.25, 0.3) is 0 Å². The molecule has 5 nitrogen and oxygen atoms in total. The van der Waals surface area contributed by atoms with Gasteiger partial charge in [-0.15, -0.1) is 0 Å². The molecule has 1 aromatic rings. The van der Waals surface area contributed by atoms with E-state index in [1.165, 1.54) is 0 Å². The van der Waals surface area contributed by atoms with Crippen LogP contribution in [0, 0.1) is 0 Å². The summed E-state index contributed by atoms with van der Waals surface area (Å²) in [5.41, 5.74) is 6.88. The molecule has 1 atom stereocenters. The van der Waals surface area contributed by atoms with Gasteiger partial charge >= 0.3 is 6.03 Å². The van der Waals surface area contributed by atoms with Gasteiger partial charge in [-0.1, -0.05) is 41.5 Å². The van der Waals surface area contributed by atoms with Gasteiger partial charge in [0.1, 0.15) is 5.75 Å².